The van der Waals surface area contributed by atoms with Gasteiger partial charge in [0, 0.05) is 12.7 Å². The third kappa shape index (κ3) is 2.43. The molecule has 1 atom stereocenters. The van der Waals surface area contributed by atoms with Gasteiger partial charge in [-0.3, -0.25) is 4.79 Å². The van der Waals surface area contributed by atoms with Gasteiger partial charge in [-0.15, -0.1) is 10.2 Å². The number of carbonyl (C=O) groups excluding carboxylic acids is 1. The molecule has 0 bridgehead atoms. The summed E-state index contributed by atoms with van der Waals surface area (Å²) in [7, 11) is 1.92. The van der Waals surface area contributed by atoms with Crippen LogP contribution in [-0.2, 0) is 18.3 Å². The first-order chi connectivity index (χ1) is 9.65. The van der Waals surface area contributed by atoms with Crippen molar-refractivity contribution < 1.29 is 4.79 Å². The summed E-state index contributed by atoms with van der Waals surface area (Å²) in [6, 6.07) is 7.96. The van der Waals surface area contributed by atoms with Crippen LogP contribution in [0.5, 0.6) is 0 Å². The molecule has 1 aromatic heterocycles. The molecule has 0 spiro atoms. The summed E-state index contributed by atoms with van der Waals surface area (Å²) in [6.45, 7) is 1.90. The van der Waals surface area contributed by atoms with Crippen molar-refractivity contribution in [3.63, 3.8) is 0 Å². The van der Waals surface area contributed by atoms with E-state index in [1.54, 1.807) is 0 Å². The molecule has 1 N–H and O–H groups in total. The van der Waals surface area contributed by atoms with Crippen molar-refractivity contribution in [1.29, 1.82) is 0 Å². The van der Waals surface area contributed by atoms with Crippen molar-refractivity contribution in [3.05, 3.63) is 35.7 Å². The highest BCUT2D eigenvalue weighted by atomic mass is 32.2. The predicted molar refractivity (Wildman–Crippen MR) is 78.8 cm³/mol. The molecule has 6 heteroatoms. The van der Waals surface area contributed by atoms with E-state index in [1.807, 2.05) is 36.7 Å². The topological polar surface area (TPSA) is 59.8 Å². The van der Waals surface area contributed by atoms with E-state index in [-0.39, 0.29) is 11.2 Å². The van der Waals surface area contributed by atoms with Crippen LogP contribution in [0.4, 0.5) is 5.69 Å². The van der Waals surface area contributed by atoms with Crippen molar-refractivity contribution in [2.24, 2.45) is 7.05 Å². The Kier molecular flexibility index (Phi) is 3.48. The Hall–Kier alpha value is -1.82. The first-order valence-electron chi connectivity index (χ1n) is 6.56. The standard InChI is InChI=1S/C14H16N4OS/c1-9-16-17-14(18(9)2)20-12-8-7-10-5-3-4-6-11(10)15-13(12)19/h3-6,12H,7-8H2,1-2H3,(H,15,19). The van der Waals surface area contributed by atoms with E-state index < -0.39 is 0 Å². The molecule has 2 aromatic rings. The Morgan fingerprint density at radius 2 is 2.15 bits per heavy atom. The molecular weight excluding hydrogens is 272 g/mol. The minimum absolute atomic E-state index is 0.0422. The Balaban J connectivity index is 1.80. The first-order valence-corrected chi connectivity index (χ1v) is 7.44. The Bertz CT molecular complexity index is 652. The summed E-state index contributed by atoms with van der Waals surface area (Å²) in [6.07, 6.45) is 1.70. The van der Waals surface area contributed by atoms with Crippen molar-refractivity contribution >= 4 is 23.4 Å². The van der Waals surface area contributed by atoms with Gasteiger partial charge < -0.3 is 9.88 Å². The number of carbonyl (C=O) groups is 1. The van der Waals surface area contributed by atoms with Crippen molar-refractivity contribution in [2.45, 2.75) is 30.2 Å². The fourth-order valence-electron chi connectivity index (χ4n) is 2.22. The lowest BCUT2D eigenvalue weighted by Crippen LogP contribution is -2.24. The predicted octanol–water partition coefficient (Wildman–Crippen LogP) is 2.17. The van der Waals surface area contributed by atoms with Crippen LogP contribution in [0.3, 0.4) is 0 Å². The smallest absolute Gasteiger partial charge is 0.237 e. The van der Waals surface area contributed by atoms with Gasteiger partial charge in [0.05, 0.1) is 5.25 Å². The lowest BCUT2D eigenvalue weighted by atomic mass is 10.1. The van der Waals surface area contributed by atoms with E-state index in [1.165, 1.54) is 17.3 Å². The first kappa shape index (κ1) is 13.2. The number of anilines is 1. The van der Waals surface area contributed by atoms with Gasteiger partial charge in [0.1, 0.15) is 5.82 Å². The number of para-hydroxylation sites is 1. The number of thioether (sulfide) groups is 1. The number of aromatic nitrogens is 3. The average Bonchev–Trinajstić information content (AvgIpc) is 2.67. The second kappa shape index (κ2) is 5.28. The SMILES string of the molecule is Cc1nnc(SC2CCc3ccccc3NC2=O)n1C. The summed E-state index contributed by atoms with van der Waals surface area (Å²) in [4.78, 5) is 12.3. The van der Waals surface area contributed by atoms with E-state index in [0.29, 0.717) is 0 Å². The highest BCUT2D eigenvalue weighted by Crippen LogP contribution is 2.30. The molecule has 20 heavy (non-hydrogen) atoms. The van der Waals surface area contributed by atoms with Crippen LogP contribution in [0.25, 0.3) is 0 Å². The second-order valence-corrected chi connectivity index (χ2v) is 6.05. The zero-order chi connectivity index (χ0) is 14.1. The lowest BCUT2D eigenvalue weighted by molar-refractivity contribution is -0.115. The molecule has 1 aliphatic rings. The van der Waals surface area contributed by atoms with Crippen molar-refractivity contribution in [1.82, 2.24) is 14.8 Å². The van der Waals surface area contributed by atoms with E-state index >= 15 is 0 Å². The van der Waals surface area contributed by atoms with Crippen LogP contribution in [0.15, 0.2) is 29.4 Å². The van der Waals surface area contributed by atoms with E-state index in [2.05, 4.69) is 21.6 Å². The van der Waals surface area contributed by atoms with Gasteiger partial charge in [-0.2, -0.15) is 0 Å². The van der Waals surface area contributed by atoms with Crippen LogP contribution < -0.4 is 5.32 Å². The zero-order valence-corrected chi connectivity index (χ0v) is 12.3. The minimum atomic E-state index is -0.135. The van der Waals surface area contributed by atoms with Crippen LogP contribution in [-0.4, -0.2) is 25.9 Å². The van der Waals surface area contributed by atoms with Gasteiger partial charge in [-0.05, 0) is 31.4 Å². The maximum atomic E-state index is 12.3. The van der Waals surface area contributed by atoms with E-state index in [4.69, 9.17) is 0 Å². The lowest BCUT2D eigenvalue weighted by Gasteiger charge is -2.11. The number of amides is 1. The number of hydrogen-bond acceptors (Lipinski definition) is 4. The average molecular weight is 288 g/mol. The molecule has 0 radical (unpaired) electrons. The summed E-state index contributed by atoms with van der Waals surface area (Å²) in [5, 5.41) is 11.8. The Morgan fingerprint density at radius 1 is 1.35 bits per heavy atom. The molecule has 5 nitrogen and oxygen atoms in total. The Morgan fingerprint density at radius 3 is 2.90 bits per heavy atom. The largest absolute Gasteiger partial charge is 0.325 e. The molecule has 0 saturated heterocycles. The van der Waals surface area contributed by atoms with Gasteiger partial charge in [-0.1, -0.05) is 30.0 Å². The third-order valence-electron chi connectivity index (χ3n) is 3.54. The number of nitrogens with zero attached hydrogens (tertiary/aromatic N) is 3. The van der Waals surface area contributed by atoms with Crippen LogP contribution in [0.1, 0.15) is 17.8 Å². The summed E-state index contributed by atoms with van der Waals surface area (Å²) >= 11 is 1.48. The maximum absolute atomic E-state index is 12.3. The van der Waals surface area contributed by atoms with Crippen LogP contribution in [0, 0.1) is 6.92 Å². The molecule has 0 aliphatic carbocycles. The van der Waals surface area contributed by atoms with Gasteiger partial charge >= 0.3 is 0 Å². The molecule has 104 valence electrons. The van der Waals surface area contributed by atoms with Gasteiger partial charge in [0.2, 0.25) is 5.91 Å². The molecular formula is C14H16N4OS. The number of hydrogen-bond donors (Lipinski definition) is 1. The second-order valence-electron chi connectivity index (χ2n) is 4.88. The Labute approximate surface area is 121 Å². The summed E-state index contributed by atoms with van der Waals surface area (Å²) in [5.74, 6) is 0.894. The minimum Gasteiger partial charge on any atom is -0.325 e. The molecule has 1 unspecified atom stereocenters. The zero-order valence-electron chi connectivity index (χ0n) is 11.5. The maximum Gasteiger partial charge on any atom is 0.237 e. The molecule has 0 saturated carbocycles. The van der Waals surface area contributed by atoms with Crippen molar-refractivity contribution in [2.75, 3.05) is 5.32 Å². The molecule has 1 aliphatic heterocycles. The summed E-state index contributed by atoms with van der Waals surface area (Å²) in [5.41, 5.74) is 2.12. The molecule has 0 fully saturated rings. The van der Waals surface area contributed by atoms with Gasteiger partial charge in [-0.25, -0.2) is 0 Å². The van der Waals surface area contributed by atoms with E-state index in [9.17, 15) is 4.79 Å². The monoisotopic (exact) mass is 288 g/mol. The summed E-state index contributed by atoms with van der Waals surface area (Å²) < 4.78 is 1.91. The van der Waals surface area contributed by atoms with Crippen LogP contribution in [0.2, 0.25) is 0 Å². The van der Waals surface area contributed by atoms with Crippen molar-refractivity contribution in [3.8, 4) is 0 Å². The number of nitrogens with one attached hydrogen (secondary N) is 1. The number of rotatable bonds is 2. The third-order valence-corrected chi connectivity index (χ3v) is 4.84. The normalized spacial score (nSPS) is 18.3. The van der Waals surface area contributed by atoms with Gasteiger partial charge in [0.25, 0.3) is 0 Å². The van der Waals surface area contributed by atoms with E-state index in [0.717, 1.165) is 29.5 Å². The highest BCUT2D eigenvalue weighted by Gasteiger charge is 2.26. The number of fused-ring (bicyclic) bond motifs is 1. The fourth-order valence-corrected chi connectivity index (χ4v) is 3.26. The molecule has 2 heterocycles. The number of benzene rings is 1. The highest BCUT2D eigenvalue weighted by molar-refractivity contribution is 8.00. The molecule has 1 aromatic carbocycles. The molecule has 1 amide bonds. The van der Waals surface area contributed by atoms with Gasteiger partial charge in [0.15, 0.2) is 5.16 Å². The fraction of sp³-hybridized carbons (Fsp3) is 0.357. The number of aryl methyl sites for hydroxylation is 2. The quantitative estimate of drug-likeness (QED) is 0.920. The molecule has 3 rings (SSSR count). The van der Waals surface area contributed by atoms with Crippen LogP contribution >= 0.6 is 11.8 Å².